The molecule has 1 aromatic carbocycles. The van der Waals surface area contributed by atoms with E-state index in [1.165, 1.54) is 36.1 Å². The van der Waals surface area contributed by atoms with E-state index in [2.05, 4.69) is 4.74 Å². The van der Waals surface area contributed by atoms with Crippen molar-refractivity contribution in [2.75, 3.05) is 20.7 Å². The van der Waals surface area contributed by atoms with Crippen molar-refractivity contribution in [3.05, 3.63) is 34.5 Å². The number of carbonyl (C=O) groups excluding carboxylic acids is 2. The summed E-state index contributed by atoms with van der Waals surface area (Å²) >= 11 is 11.0. The maximum absolute atomic E-state index is 12.2. The maximum Gasteiger partial charge on any atom is 0.325 e. The van der Waals surface area contributed by atoms with Crippen LogP contribution in [0.4, 0.5) is 0 Å². The Morgan fingerprint density at radius 2 is 2.18 bits per heavy atom. The number of thiocarbonyl (C=S) groups is 1. The number of benzene rings is 1. The van der Waals surface area contributed by atoms with Crippen molar-refractivity contribution in [2.24, 2.45) is 0 Å². The molecule has 1 aromatic rings. The second-order valence-corrected chi connectivity index (χ2v) is 5.32. The van der Waals surface area contributed by atoms with Gasteiger partial charge in [-0.05, 0) is 36.0 Å². The molecule has 1 aliphatic heterocycles. The number of esters is 1. The molecule has 1 heterocycles. The third-order valence-corrected chi connectivity index (χ3v) is 3.92. The Bertz CT molecular complexity index is 689. The zero-order chi connectivity index (χ0) is 16.4. The largest absolute Gasteiger partial charge is 0.506 e. The number of aromatic hydroxyl groups is 1. The average Bonchev–Trinajstić information content (AvgIpc) is 2.68. The van der Waals surface area contributed by atoms with Gasteiger partial charge >= 0.3 is 5.97 Å². The average molecular weight is 341 g/mol. The molecule has 1 aliphatic rings. The van der Waals surface area contributed by atoms with Gasteiger partial charge in [-0.2, -0.15) is 0 Å². The zero-order valence-electron chi connectivity index (χ0n) is 11.9. The standard InChI is InChI=1S/C14H13ClN2O4S/c1-16-13(20)10(17(14(16)22)7-12(19)21-2)6-8-3-4-11(18)9(15)5-8/h3-6,18H,7H2,1-2H3/b10-6-. The summed E-state index contributed by atoms with van der Waals surface area (Å²) in [7, 11) is 2.79. The molecule has 0 spiro atoms. The van der Waals surface area contributed by atoms with E-state index >= 15 is 0 Å². The predicted octanol–water partition coefficient (Wildman–Crippen LogP) is 1.62. The molecular formula is C14H13ClN2O4S. The monoisotopic (exact) mass is 340 g/mol. The molecule has 6 nitrogen and oxygen atoms in total. The third-order valence-electron chi connectivity index (χ3n) is 3.12. The van der Waals surface area contributed by atoms with E-state index < -0.39 is 5.97 Å². The number of methoxy groups -OCH3 is 1. The summed E-state index contributed by atoms with van der Waals surface area (Å²) in [6, 6.07) is 4.52. The molecule has 0 radical (unpaired) electrons. The van der Waals surface area contributed by atoms with Gasteiger partial charge in [0.1, 0.15) is 18.0 Å². The van der Waals surface area contributed by atoms with Crippen LogP contribution in [0.3, 0.4) is 0 Å². The number of hydrogen-bond donors (Lipinski definition) is 1. The fourth-order valence-electron chi connectivity index (χ4n) is 1.92. The maximum atomic E-state index is 12.2. The van der Waals surface area contributed by atoms with Crippen LogP contribution >= 0.6 is 23.8 Å². The lowest BCUT2D eigenvalue weighted by molar-refractivity contribution is -0.140. The van der Waals surface area contributed by atoms with Crippen LogP contribution in [-0.4, -0.2) is 52.6 Å². The van der Waals surface area contributed by atoms with Gasteiger partial charge in [-0.3, -0.25) is 14.5 Å². The number of ether oxygens (including phenoxy) is 1. The molecule has 0 aromatic heterocycles. The number of likely N-dealkylation sites (N-methyl/N-ethyl adjacent to an activating group) is 1. The molecule has 0 saturated carbocycles. The van der Waals surface area contributed by atoms with Gasteiger partial charge < -0.3 is 14.7 Å². The van der Waals surface area contributed by atoms with Crippen molar-refractivity contribution in [1.82, 2.24) is 9.80 Å². The van der Waals surface area contributed by atoms with E-state index in [-0.39, 0.29) is 34.0 Å². The molecule has 0 aliphatic carbocycles. The van der Waals surface area contributed by atoms with Crippen molar-refractivity contribution in [3.8, 4) is 5.75 Å². The van der Waals surface area contributed by atoms with Crippen LogP contribution in [0.5, 0.6) is 5.75 Å². The molecule has 1 amide bonds. The van der Waals surface area contributed by atoms with Crippen LogP contribution in [-0.2, 0) is 14.3 Å². The number of phenolic OH excluding ortho intramolecular Hbond substituents is 1. The minimum absolute atomic E-state index is 0.0550. The molecule has 0 bridgehead atoms. The van der Waals surface area contributed by atoms with Crippen molar-refractivity contribution in [3.63, 3.8) is 0 Å². The minimum Gasteiger partial charge on any atom is -0.506 e. The lowest BCUT2D eigenvalue weighted by Gasteiger charge is -2.16. The van der Waals surface area contributed by atoms with Crippen LogP contribution in [0.2, 0.25) is 5.02 Å². The summed E-state index contributed by atoms with van der Waals surface area (Å²) in [4.78, 5) is 26.4. The number of carbonyl (C=O) groups is 2. The highest BCUT2D eigenvalue weighted by Gasteiger charge is 2.36. The lowest BCUT2D eigenvalue weighted by Crippen LogP contribution is -2.33. The van der Waals surface area contributed by atoms with E-state index in [9.17, 15) is 14.7 Å². The summed E-state index contributed by atoms with van der Waals surface area (Å²) in [6.07, 6.45) is 1.55. The Labute approximate surface area is 137 Å². The Balaban J connectivity index is 2.41. The molecule has 0 atom stereocenters. The van der Waals surface area contributed by atoms with Crippen LogP contribution in [0.1, 0.15) is 5.56 Å². The topological polar surface area (TPSA) is 70.1 Å². The van der Waals surface area contributed by atoms with Gasteiger partial charge in [0, 0.05) is 7.05 Å². The Morgan fingerprint density at radius 3 is 2.77 bits per heavy atom. The highest BCUT2D eigenvalue weighted by Crippen LogP contribution is 2.27. The van der Waals surface area contributed by atoms with Gasteiger partial charge in [-0.15, -0.1) is 0 Å². The summed E-state index contributed by atoms with van der Waals surface area (Å²) in [5.41, 5.74) is 0.832. The van der Waals surface area contributed by atoms with E-state index in [1.807, 2.05) is 0 Å². The molecule has 22 heavy (non-hydrogen) atoms. The first-order valence-electron chi connectivity index (χ1n) is 6.21. The first-order chi connectivity index (χ1) is 10.3. The summed E-state index contributed by atoms with van der Waals surface area (Å²) in [6.45, 7) is -0.164. The van der Waals surface area contributed by atoms with Crippen molar-refractivity contribution >= 4 is 46.9 Å². The smallest absolute Gasteiger partial charge is 0.325 e. The number of rotatable bonds is 3. The van der Waals surface area contributed by atoms with Crippen LogP contribution in [0, 0.1) is 0 Å². The van der Waals surface area contributed by atoms with Crippen LogP contribution in [0.25, 0.3) is 6.08 Å². The van der Waals surface area contributed by atoms with Gasteiger partial charge in [0.2, 0.25) is 0 Å². The highest BCUT2D eigenvalue weighted by atomic mass is 35.5. The van der Waals surface area contributed by atoms with Gasteiger partial charge in [0.15, 0.2) is 5.11 Å². The van der Waals surface area contributed by atoms with E-state index in [4.69, 9.17) is 23.8 Å². The fourth-order valence-corrected chi connectivity index (χ4v) is 2.35. The van der Waals surface area contributed by atoms with Gasteiger partial charge in [-0.25, -0.2) is 0 Å². The van der Waals surface area contributed by atoms with E-state index in [0.717, 1.165) is 0 Å². The molecular weight excluding hydrogens is 328 g/mol. The molecule has 0 unspecified atom stereocenters. The first kappa shape index (κ1) is 16.3. The molecule has 1 N–H and O–H groups in total. The second kappa shape index (κ2) is 6.33. The van der Waals surface area contributed by atoms with Crippen molar-refractivity contribution in [1.29, 1.82) is 0 Å². The highest BCUT2D eigenvalue weighted by molar-refractivity contribution is 7.80. The molecule has 1 saturated heterocycles. The third kappa shape index (κ3) is 3.05. The van der Waals surface area contributed by atoms with Gasteiger partial charge in [0.25, 0.3) is 5.91 Å². The van der Waals surface area contributed by atoms with Gasteiger partial charge in [-0.1, -0.05) is 17.7 Å². The number of nitrogens with zero attached hydrogens (tertiary/aromatic N) is 2. The molecule has 116 valence electrons. The van der Waals surface area contributed by atoms with E-state index in [1.54, 1.807) is 12.1 Å². The summed E-state index contributed by atoms with van der Waals surface area (Å²) < 4.78 is 4.61. The summed E-state index contributed by atoms with van der Waals surface area (Å²) in [5.74, 6) is -0.904. The predicted molar refractivity (Wildman–Crippen MR) is 85.2 cm³/mol. The fraction of sp³-hybridized carbons (Fsp3) is 0.214. The lowest BCUT2D eigenvalue weighted by atomic mass is 10.1. The number of amides is 1. The van der Waals surface area contributed by atoms with E-state index in [0.29, 0.717) is 5.56 Å². The number of phenols is 1. The number of hydrogen-bond acceptors (Lipinski definition) is 5. The Kier molecular flexibility index (Phi) is 4.68. The normalized spacial score (nSPS) is 16.6. The SMILES string of the molecule is COC(=O)CN1C(=S)N(C)C(=O)/C1=C/c1ccc(O)c(Cl)c1. The Hall–Kier alpha value is -2.12. The Morgan fingerprint density at radius 1 is 1.50 bits per heavy atom. The molecule has 8 heteroatoms. The van der Waals surface area contributed by atoms with Crippen molar-refractivity contribution < 1.29 is 19.4 Å². The van der Waals surface area contributed by atoms with Gasteiger partial charge in [0.05, 0.1) is 12.1 Å². The van der Waals surface area contributed by atoms with Crippen LogP contribution < -0.4 is 0 Å². The zero-order valence-corrected chi connectivity index (χ0v) is 13.4. The summed E-state index contributed by atoms with van der Waals surface area (Å²) in [5, 5.41) is 9.80. The quantitative estimate of drug-likeness (QED) is 0.512. The number of halogens is 1. The van der Waals surface area contributed by atoms with Crippen LogP contribution in [0.15, 0.2) is 23.9 Å². The molecule has 2 rings (SSSR count). The molecule has 1 fully saturated rings. The first-order valence-corrected chi connectivity index (χ1v) is 7.00. The second-order valence-electron chi connectivity index (χ2n) is 4.55. The van der Waals surface area contributed by atoms with Crippen molar-refractivity contribution in [2.45, 2.75) is 0 Å². The minimum atomic E-state index is -0.514.